The van der Waals surface area contributed by atoms with Gasteiger partial charge in [0, 0.05) is 18.1 Å². The second-order valence-electron chi connectivity index (χ2n) is 3.43. The van der Waals surface area contributed by atoms with Gasteiger partial charge in [0.15, 0.2) is 0 Å². The monoisotopic (exact) mass is 251 g/mol. The lowest BCUT2D eigenvalue weighted by molar-refractivity contribution is 0.241. The summed E-state index contributed by atoms with van der Waals surface area (Å²) in [5.74, 6) is 0. The van der Waals surface area contributed by atoms with Crippen molar-refractivity contribution in [3.8, 4) is 6.07 Å². The highest BCUT2D eigenvalue weighted by Gasteiger charge is 2.01. The summed E-state index contributed by atoms with van der Waals surface area (Å²) in [6, 6.07) is 9.23. The molecule has 0 heterocycles. The minimum atomic E-state index is -0.257. The summed E-state index contributed by atoms with van der Waals surface area (Å²) in [5.41, 5.74) is 1.01. The molecular formula is C12H14ClN3O. The van der Waals surface area contributed by atoms with Gasteiger partial charge in [0.25, 0.3) is 0 Å². The smallest absolute Gasteiger partial charge is 0.314 e. The van der Waals surface area contributed by atoms with Gasteiger partial charge in [-0.15, -0.1) is 0 Å². The molecule has 0 aliphatic heterocycles. The normalized spacial score (nSPS) is 9.41. The van der Waals surface area contributed by atoms with Gasteiger partial charge in [0.1, 0.15) is 0 Å². The van der Waals surface area contributed by atoms with E-state index >= 15 is 0 Å². The van der Waals surface area contributed by atoms with E-state index in [9.17, 15) is 4.79 Å². The highest BCUT2D eigenvalue weighted by atomic mass is 35.5. The molecule has 0 spiro atoms. The van der Waals surface area contributed by atoms with Crippen LogP contribution in [0.3, 0.4) is 0 Å². The molecule has 0 aromatic heterocycles. The Labute approximate surface area is 106 Å². The van der Waals surface area contributed by atoms with Crippen LogP contribution in [-0.4, -0.2) is 19.1 Å². The van der Waals surface area contributed by atoms with Crippen molar-refractivity contribution in [1.82, 2.24) is 10.6 Å². The second-order valence-corrected chi connectivity index (χ2v) is 3.84. The molecule has 0 saturated carbocycles. The number of benzene rings is 1. The fourth-order valence-corrected chi connectivity index (χ4v) is 1.54. The van der Waals surface area contributed by atoms with E-state index < -0.39 is 0 Å². The molecule has 0 bridgehead atoms. The fourth-order valence-electron chi connectivity index (χ4n) is 1.31. The molecule has 0 radical (unpaired) electrons. The Morgan fingerprint density at radius 2 is 2.00 bits per heavy atom. The molecule has 0 aliphatic rings. The summed E-state index contributed by atoms with van der Waals surface area (Å²) in [6.45, 7) is 0.885. The highest BCUT2D eigenvalue weighted by Crippen LogP contribution is 2.14. The Bertz CT molecular complexity index is 414. The molecule has 0 aliphatic carbocycles. The van der Waals surface area contributed by atoms with E-state index in [1.54, 1.807) is 0 Å². The number of nitriles is 1. The molecule has 1 aromatic rings. The van der Waals surface area contributed by atoms with Gasteiger partial charge >= 0.3 is 6.03 Å². The lowest BCUT2D eigenvalue weighted by atomic mass is 10.1. The average Bonchev–Trinajstić information content (AvgIpc) is 2.32. The van der Waals surface area contributed by atoms with E-state index in [0.717, 1.165) is 5.56 Å². The lowest BCUT2D eigenvalue weighted by Crippen LogP contribution is -2.37. The van der Waals surface area contributed by atoms with Crippen molar-refractivity contribution >= 4 is 17.6 Å². The second kappa shape index (κ2) is 7.53. The molecule has 4 nitrogen and oxygen atoms in total. The van der Waals surface area contributed by atoms with Gasteiger partial charge in [-0.3, -0.25) is 0 Å². The third-order valence-corrected chi connectivity index (χ3v) is 2.53. The number of nitrogens with zero attached hydrogens (tertiary/aromatic N) is 1. The first-order chi connectivity index (χ1) is 8.24. The first-order valence-electron chi connectivity index (χ1n) is 5.36. The van der Waals surface area contributed by atoms with Crippen LogP contribution in [0, 0.1) is 11.3 Å². The van der Waals surface area contributed by atoms with Crippen LogP contribution < -0.4 is 10.6 Å². The van der Waals surface area contributed by atoms with Crippen molar-refractivity contribution in [2.45, 2.75) is 12.8 Å². The standard InChI is InChI=1S/C12H14ClN3O/c13-11-5-2-1-4-10(11)6-9-16-12(17)15-8-3-7-14/h1-2,4-5H,3,6,8-9H2,(H2,15,16,17). The summed E-state index contributed by atoms with van der Waals surface area (Å²) in [5, 5.41) is 14.3. The number of urea groups is 1. The van der Waals surface area contributed by atoms with Crippen LogP contribution in [0.1, 0.15) is 12.0 Å². The van der Waals surface area contributed by atoms with E-state index in [4.69, 9.17) is 16.9 Å². The van der Waals surface area contributed by atoms with Crippen molar-refractivity contribution in [3.05, 3.63) is 34.9 Å². The number of carbonyl (C=O) groups is 1. The topological polar surface area (TPSA) is 64.9 Å². The van der Waals surface area contributed by atoms with Crippen LogP contribution >= 0.6 is 11.6 Å². The first-order valence-corrected chi connectivity index (χ1v) is 5.74. The highest BCUT2D eigenvalue weighted by molar-refractivity contribution is 6.31. The van der Waals surface area contributed by atoms with Gasteiger partial charge in [0.05, 0.1) is 12.5 Å². The quantitative estimate of drug-likeness (QED) is 0.787. The Morgan fingerprint density at radius 3 is 2.71 bits per heavy atom. The minimum absolute atomic E-state index is 0.257. The maximum Gasteiger partial charge on any atom is 0.314 e. The molecular weight excluding hydrogens is 238 g/mol. The fraction of sp³-hybridized carbons (Fsp3) is 0.333. The van der Waals surface area contributed by atoms with Gasteiger partial charge in [-0.1, -0.05) is 29.8 Å². The van der Waals surface area contributed by atoms with E-state index in [0.29, 0.717) is 31.0 Å². The molecule has 17 heavy (non-hydrogen) atoms. The number of nitrogens with one attached hydrogen (secondary N) is 2. The Balaban J connectivity index is 2.22. The maximum atomic E-state index is 11.2. The van der Waals surface area contributed by atoms with Gasteiger partial charge in [0.2, 0.25) is 0 Å². The number of amides is 2. The Morgan fingerprint density at radius 1 is 1.29 bits per heavy atom. The molecule has 1 aromatic carbocycles. The maximum absolute atomic E-state index is 11.2. The zero-order chi connectivity index (χ0) is 12.5. The SMILES string of the molecule is N#CCCNC(=O)NCCc1ccccc1Cl. The van der Waals surface area contributed by atoms with E-state index in [1.165, 1.54) is 0 Å². The van der Waals surface area contributed by atoms with Crippen molar-refractivity contribution in [1.29, 1.82) is 5.26 Å². The van der Waals surface area contributed by atoms with Crippen molar-refractivity contribution in [3.63, 3.8) is 0 Å². The number of halogens is 1. The van der Waals surface area contributed by atoms with Crippen LogP contribution in [0.25, 0.3) is 0 Å². The summed E-state index contributed by atoms with van der Waals surface area (Å²) in [4.78, 5) is 11.2. The van der Waals surface area contributed by atoms with E-state index in [2.05, 4.69) is 10.6 Å². The molecule has 2 amide bonds. The van der Waals surface area contributed by atoms with Crippen molar-refractivity contribution in [2.75, 3.05) is 13.1 Å². The molecule has 0 fully saturated rings. The number of rotatable bonds is 5. The number of hydrogen-bond donors (Lipinski definition) is 2. The largest absolute Gasteiger partial charge is 0.338 e. The van der Waals surface area contributed by atoms with Crippen molar-refractivity contribution in [2.24, 2.45) is 0 Å². The summed E-state index contributed by atoms with van der Waals surface area (Å²) in [6.07, 6.45) is 1.00. The molecule has 2 N–H and O–H groups in total. The third-order valence-electron chi connectivity index (χ3n) is 2.16. The molecule has 5 heteroatoms. The van der Waals surface area contributed by atoms with Gasteiger partial charge in [-0.25, -0.2) is 4.79 Å². The Hall–Kier alpha value is -1.73. The first kappa shape index (κ1) is 13.3. The minimum Gasteiger partial charge on any atom is -0.338 e. The van der Waals surface area contributed by atoms with Crippen LogP contribution in [0.15, 0.2) is 24.3 Å². The summed E-state index contributed by atoms with van der Waals surface area (Å²) >= 11 is 5.98. The molecule has 0 atom stereocenters. The van der Waals surface area contributed by atoms with Gasteiger partial charge in [-0.2, -0.15) is 5.26 Å². The summed E-state index contributed by atoms with van der Waals surface area (Å²) < 4.78 is 0. The molecule has 0 unspecified atom stereocenters. The number of carbonyl (C=O) groups excluding carboxylic acids is 1. The number of hydrogen-bond acceptors (Lipinski definition) is 2. The molecule has 0 saturated heterocycles. The van der Waals surface area contributed by atoms with Crippen LogP contribution in [-0.2, 0) is 6.42 Å². The predicted octanol–water partition coefficient (Wildman–Crippen LogP) is 2.10. The van der Waals surface area contributed by atoms with Crippen LogP contribution in [0.5, 0.6) is 0 Å². The zero-order valence-corrected chi connectivity index (χ0v) is 10.1. The zero-order valence-electron chi connectivity index (χ0n) is 9.37. The predicted molar refractivity (Wildman–Crippen MR) is 66.8 cm³/mol. The van der Waals surface area contributed by atoms with E-state index in [-0.39, 0.29) is 6.03 Å². The molecule has 1 rings (SSSR count). The average molecular weight is 252 g/mol. The van der Waals surface area contributed by atoms with Gasteiger partial charge in [-0.05, 0) is 18.1 Å². The van der Waals surface area contributed by atoms with E-state index in [1.807, 2.05) is 30.3 Å². The van der Waals surface area contributed by atoms with Crippen LogP contribution in [0.4, 0.5) is 4.79 Å². The summed E-state index contributed by atoms with van der Waals surface area (Å²) in [7, 11) is 0. The lowest BCUT2D eigenvalue weighted by Gasteiger charge is -2.07. The van der Waals surface area contributed by atoms with Gasteiger partial charge < -0.3 is 10.6 Å². The third kappa shape index (κ3) is 5.23. The van der Waals surface area contributed by atoms with Crippen molar-refractivity contribution < 1.29 is 4.79 Å². The Kier molecular flexibility index (Phi) is 5.91. The molecule has 90 valence electrons. The van der Waals surface area contributed by atoms with Crippen LogP contribution in [0.2, 0.25) is 5.02 Å².